The molecule has 0 saturated heterocycles. The zero-order chi connectivity index (χ0) is 10.1. The monoisotopic (exact) mass is 192 g/mol. The Hall–Kier alpha value is -1.18. The number of benzene rings is 1. The smallest absolute Gasteiger partial charge is 0.168 e. The maximum absolute atomic E-state index is 13.6. The van der Waals surface area contributed by atoms with Crippen LogP contribution in [-0.4, -0.2) is 5.78 Å². The lowest BCUT2D eigenvalue weighted by atomic mass is 9.79. The van der Waals surface area contributed by atoms with Crippen LogP contribution in [0.1, 0.15) is 35.2 Å². The molecule has 0 atom stereocenters. The highest BCUT2D eigenvalue weighted by Gasteiger charge is 2.28. The van der Waals surface area contributed by atoms with E-state index >= 15 is 0 Å². The summed E-state index contributed by atoms with van der Waals surface area (Å²) in [5, 5.41) is 0. The van der Waals surface area contributed by atoms with Crippen LogP contribution in [0.2, 0.25) is 0 Å². The number of ketones is 1. The van der Waals surface area contributed by atoms with Crippen molar-refractivity contribution in [2.75, 3.05) is 0 Å². The van der Waals surface area contributed by atoms with Crippen LogP contribution in [0.4, 0.5) is 4.39 Å². The van der Waals surface area contributed by atoms with Gasteiger partial charge in [-0.1, -0.05) is 18.6 Å². The molecule has 0 amide bonds. The summed E-state index contributed by atoms with van der Waals surface area (Å²) in [4.78, 5) is 11.8. The number of carbonyl (C=O) groups excluding carboxylic acids is 1. The van der Waals surface area contributed by atoms with Crippen LogP contribution >= 0.6 is 0 Å². The van der Waals surface area contributed by atoms with Gasteiger partial charge in [0.25, 0.3) is 0 Å². The Kier molecular flexibility index (Phi) is 2.36. The molecule has 0 spiro atoms. The summed E-state index contributed by atoms with van der Waals surface area (Å²) in [5.41, 5.74) is 0.824. The van der Waals surface area contributed by atoms with Gasteiger partial charge in [-0.25, -0.2) is 4.39 Å². The summed E-state index contributed by atoms with van der Waals surface area (Å²) in [6.07, 6.45) is 2.95. The minimum atomic E-state index is -0.343. The lowest BCUT2D eigenvalue weighted by molar-refractivity contribution is 0.0850. The van der Waals surface area contributed by atoms with Gasteiger partial charge in [0.05, 0.1) is 5.56 Å². The van der Waals surface area contributed by atoms with E-state index in [0.29, 0.717) is 5.56 Å². The molecule has 1 fully saturated rings. The topological polar surface area (TPSA) is 17.1 Å². The predicted octanol–water partition coefficient (Wildman–Crippen LogP) is 3.12. The second-order valence-electron chi connectivity index (χ2n) is 3.93. The summed E-state index contributed by atoms with van der Waals surface area (Å²) in [5.74, 6) is -0.284. The highest BCUT2D eigenvalue weighted by Crippen LogP contribution is 2.30. The zero-order valence-corrected chi connectivity index (χ0v) is 8.22. The van der Waals surface area contributed by atoms with E-state index in [9.17, 15) is 9.18 Å². The van der Waals surface area contributed by atoms with Crippen LogP contribution in [0.25, 0.3) is 0 Å². The van der Waals surface area contributed by atoms with Crippen LogP contribution in [0, 0.1) is 18.7 Å². The molecule has 0 heterocycles. The standard InChI is InChI=1S/C12H13FO/c1-8-4-2-7-10(11(8)13)12(14)9-5-3-6-9/h2,4,7,9H,3,5-6H2,1H3. The van der Waals surface area contributed by atoms with Crippen molar-refractivity contribution >= 4 is 5.78 Å². The van der Waals surface area contributed by atoms with Crippen molar-refractivity contribution < 1.29 is 9.18 Å². The number of rotatable bonds is 2. The molecule has 0 unspecified atom stereocenters. The van der Waals surface area contributed by atoms with Crippen LogP contribution in [0.15, 0.2) is 18.2 Å². The molecule has 0 aromatic heterocycles. The van der Waals surface area contributed by atoms with Gasteiger partial charge in [-0.05, 0) is 31.4 Å². The molecule has 0 bridgehead atoms. The molecule has 2 rings (SSSR count). The molecule has 14 heavy (non-hydrogen) atoms. The highest BCUT2D eigenvalue weighted by molar-refractivity contribution is 5.98. The molecular formula is C12H13FO. The predicted molar refractivity (Wildman–Crippen MR) is 52.8 cm³/mol. The minimum absolute atomic E-state index is 0.0162. The van der Waals surface area contributed by atoms with Gasteiger partial charge in [-0.3, -0.25) is 4.79 Å². The Morgan fingerprint density at radius 3 is 2.71 bits per heavy atom. The van der Waals surface area contributed by atoms with E-state index in [0.717, 1.165) is 19.3 Å². The Morgan fingerprint density at radius 2 is 2.14 bits per heavy atom. The largest absolute Gasteiger partial charge is 0.294 e. The van der Waals surface area contributed by atoms with Gasteiger partial charge in [0, 0.05) is 5.92 Å². The van der Waals surface area contributed by atoms with Crippen LogP contribution < -0.4 is 0 Å². The molecule has 1 nitrogen and oxygen atoms in total. The molecule has 1 saturated carbocycles. The van der Waals surface area contributed by atoms with Crippen LogP contribution in [0.3, 0.4) is 0 Å². The van der Waals surface area contributed by atoms with E-state index in [2.05, 4.69) is 0 Å². The van der Waals surface area contributed by atoms with E-state index < -0.39 is 0 Å². The summed E-state index contributed by atoms with van der Waals surface area (Å²) in [6, 6.07) is 5.01. The van der Waals surface area contributed by atoms with Gasteiger partial charge in [0.1, 0.15) is 5.82 Å². The first-order valence-corrected chi connectivity index (χ1v) is 4.99. The van der Waals surface area contributed by atoms with E-state index in [-0.39, 0.29) is 23.1 Å². The van der Waals surface area contributed by atoms with Gasteiger partial charge >= 0.3 is 0 Å². The van der Waals surface area contributed by atoms with Crippen LogP contribution in [0.5, 0.6) is 0 Å². The van der Waals surface area contributed by atoms with Crippen molar-refractivity contribution in [2.45, 2.75) is 26.2 Å². The molecule has 0 aliphatic heterocycles. The van der Waals surface area contributed by atoms with E-state index in [1.165, 1.54) is 0 Å². The molecule has 1 aromatic carbocycles. The molecule has 1 aliphatic carbocycles. The highest BCUT2D eigenvalue weighted by atomic mass is 19.1. The third-order valence-corrected chi connectivity index (χ3v) is 2.93. The van der Waals surface area contributed by atoms with Crippen LogP contribution in [-0.2, 0) is 0 Å². The van der Waals surface area contributed by atoms with Crippen molar-refractivity contribution in [3.63, 3.8) is 0 Å². The molecule has 0 N–H and O–H groups in total. The SMILES string of the molecule is Cc1cccc(C(=O)C2CCC2)c1F. The molecular weight excluding hydrogens is 179 g/mol. The molecule has 1 aromatic rings. The maximum atomic E-state index is 13.6. The summed E-state index contributed by atoms with van der Waals surface area (Å²) in [7, 11) is 0. The van der Waals surface area contributed by atoms with Crippen molar-refractivity contribution in [3.05, 3.63) is 35.1 Å². The first kappa shape index (κ1) is 9.38. The van der Waals surface area contributed by atoms with Gasteiger partial charge in [-0.2, -0.15) is 0 Å². The maximum Gasteiger partial charge on any atom is 0.168 e. The quantitative estimate of drug-likeness (QED) is 0.658. The Labute approximate surface area is 82.9 Å². The lowest BCUT2D eigenvalue weighted by Gasteiger charge is -2.24. The minimum Gasteiger partial charge on any atom is -0.294 e. The van der Waals surface area contributed by atoms with E-state index in [4.69, 9.17) is 0 Å². The Balaban J connectivity index is 2.31. The third kappa shape index (κ3) is 1.45. The van der Waals surface area contributed by atoms with E-state index in [1.807, 2.05) is 0 Å². The van der Waals surface area contributed by atoms with Crippen molar-refractivity contribution in [2.24, 2.45) is 5.92 Å². The zero-order valence-electron chi connectivity index (χ0n) is 8.22. The van der Waals surface area contributed by atoms with Gasteiger partial charge in [0.15, 0.2) is 5.78 Å². The van der Waals surface area contributed by atoms with E-state index in [1.54, 1.807) is 25.1 Å². The first-order chi connectivity index (χ1) is 6.70. The number of aryl methyl sites for hydroxylation is 1. The van der Waals surface area contributed by atoms with Gasteiger partial charge < -0.3 is 0 Å². The lowest BCUT2D eigenvalue weighted by Crippen LogP contribution is -2.23. The Morgan fingerprint density at radius 1 is 1.43 bits per heavy atom. The number of halogens is 1. The molecule has 74 valence electrons. The average molecular weight is 192 g/mol. The van der Waals surface area contributed by atoms with Gasteiger partial charge in [-0.15, -0.1) is 0 Å². The van der Waals surface area contributed by atoms with Crippen molar-refractivity contribution in [1.82, 2.24) is 0 Å². The number of carbonyl (C=O) groups is 1. The number of hydrogen-bond acceptors (Lipinski definition) is 1. The summed E-state index contributed by atoms with van der Waals surface area (Å²) < 4.78 is 13.6. The first-order valence-electron chi connectivity index (χ1n) is 4.99. The fourth-order valence-corrected chi connectivity index (χ4v) is 1.73. The van der Waals surface area contributed by atoms with Crippen molar-refractivity contribution in [3.8, 4) is 0 Å². The summed E-state index contributed by atoms with van der Waals surface area (Å²) in [6.45, 7) is 1.69. The average Bonchev–Trinajstić information content (AvgIpc) is 2.06. The molecule has 2 heteroatoms. The van der Waals surface area contributed by atoms with Crippen molar-refractivity contribution in [1.29, 1.82) is 0 Å². The fraction of sp³-hybridized carbons (Fsp3) is 0.417. The molecule has 1 aliphatic rings. The second kappa shape index (κ2) is 3.52. The number of hydrogen-bond donors (Lipinski definition) is 0. The fourth-order valence-electron chi connectivity index (χ4n) is 1.73. The normalized spacial score (nSPS) is 16.4. The molecule has 0 radical (unpaired) electrons. The third-order valence-electron chi connectivity index (χ3n) is 2.93. The second-order valence-corrected chi connectivity index (χ2v) is 3.93. The Bertz CT molecular complexity index is 367. The summed E-state index contributed by atoms with van der Waals surface area (Å²) >= 11 is 0. The number of Topliss-reactive ketones (excluding diaryl/α,β-unsaturated/α-hetero) is 1. The van der Waals surface area contributed by atoms with Gasteiger partial charge in [0.2, 0.25) is 0 Å².